The Kier molecular flexibility index (Phi) is 4.61. The molecule has 2 aromatic rings. The van der Waals surface area contributed by atoms with E-state index in [1.165, 1.54) is 17.7 Å². The lowest BCUT2D eigenvalue weighted by molar-refractivity contribution is -0.167. The molecule has 0 heterocycles. The molecular formula is C20H24O3Si. The van der Waals surface area contributed by atoms with E-state index in [9.17, 15) is 4.79 Å². The standard InChI is InChI=1S/C20H24O3Si/c1-16(21)22-19(20(14-15-20)17-10-6-4-7-11-17)23-24(2,3)18-12-8-5-9-13-18/h4-13,19H,14-15H2,1-3H3. The summed E-state index contributed by atoms with van der Waals surface area (Å²) in [6, 6.07) is 20.5. The van der Waals surface area contributed by atoms with Crippen LogP contribution in [0.5, 0.6) is 0 Å². The van der Waals surface area contributed by atoms with Gasteiger partial charge in [-0.15, -0.1) is 0 Å². The number of esters is 1. The molecule has 0 radical (unpaired) electrons. The molecule has 24 heavy (non-hydrogen) atoms. The predicted octanol–water partition coefficient (Wildman–Crippen LogP) is 3.74. The van der Waals surface area contributed by atoms with Crippen molar-refractivity contribution in [2.45, 2.75) is 44.6 Å². The molecule has 0 amide bonds. The van der Waals surface area contributed by atoms with Gasteiger partial charge in [-0.25, -0.2) is 0 Å². The molecule has 1 aliphatic rings. The Bertz CT molecular complexity index is 693. The Hall–Kier alpha value is -1.91. The van der Waals surface area contributed by atoms with Crippen LogP contribution in [0.15, 0.2) is 60.7 Å². The number of hydrogen-bond donors (Lipinski definition) is 0. The minimum absolute atomic E-state index is 0.202. The van der Waals surface area contributed by atoms with E-state index in [1.807, 2.05) is 36.4 Å². The summed E-state index contributed by atoms with van der Waals surface area (Å²) in [7, 11) is -2.19. The monoisotopic (exact) mass is 340 g/mol. The van der Waals surface area contributed by atoms with Crippen molar-refractivity contribution < 1.29 is 14.0 Å². The van der Waals surface area contributed by atoms with Crippen molar-refractivity contribution in [1.82, 2.24) is 0 Å². The van der Waals surface area contributed by atoms with Crippen LogP contribution in [0.25, 0.3) is 0 Å². The van der Waals surface area contributed by atoms with E-state index >= 15 is 0 Å². The highest BCUT2D eigenvalue weighted by Gasteiger charge is 2.55. The molecule has 1 saturated carbocycles. The molecule has 0 N–H and O–H groups in total. The molecule has 0 aliphatic heterocycles. The molecule has 1 aliphatic carbocycles. The van der Waals surface area contributed by atoms with E-state index in [0.29, 0.717) is 0 Å². The summed E-state index contributed by atoms with van der Waals surface area (Å²) < 4.78 is 12.2. The highest BCUT2D eigenvalue weighted by molar-refractivity contribution is 6.84. The molecule has 0 aromatic heterocycles. The average molecular weight is 340 g/mol. The minimum atomic E-state index is -2.19. The van der Waals surface area contributed by atoms with E-state index < -0.39 is 14.6 Å². The normalized spacial score (nSPS) is 17.1. The third-order valence-electron chi connectivity index (χ3n) is 4.73. The topological polar surface area (TPSA) is 35.5 Å². The van der Waals surface area contributed by atoms with Gasteiger partial charge in [-0.1, -0.05) is 60.7 Å². The van der Waals surface area contributed by atoms with Crippen LogP contribution < -0.4 is 5.19 Å². The number of benzene rings is 2. The van der Waals surface area contributed by atoms with Gasteiger partial charge in [-0.2, -0.15) is 0 Å². The molecule has 3 nitrogen and oxygen atoms in total. The van der Waals surface area contributed by atoms with Gasteiger partial charge in [0.1, 0.15) is 0 Å². The van der Waals surface area contributed by atoms with Crippen molar-refractivity contribution in [2.75, 3.05) is 0 Å². The molecule has 1 atom stereocenters. The van der Waals surface area contributed by atoms with E-state index in [-0.39, 0.29) is 11.4 Å². The smallest absolute Gasteiger partial charge is 0.304 e. The summed E-state index contributed by atoms with van der Waals surface area (Å²) in [6.07, 6.45) is 1.43. The lowest BCUT2D eigenvalue weighted by atomic mass is 9.95. The van der Waals surface area contributed by atoms with Gasteiger partial charge in [-0.05, 0) is 36.7 Å². The molecular weight excluding hydrogens is 316 g/mol. The highest BCUT2D eigenvalue weighted by atomic mass is 28.4. The van der Waals surface area contributed by atoms with Crippen LogP contribution >= 0.6 is 0 Å². The van der Waals surface area contributed by atoms with Crippen molar-refractivity contribution in [3.8, 4) is 0 Å². The van der Waals surface area contributed by atoms with Gasteiger partial charge >= 0.3 is 5.97 Å². The number of rotatable bonds is 6. The predicted molar refractivity (Wildman–Crippen MR) is 97.6 cm³/mol. The van der Waals surface area contributed by atoms with Crippen molar-refractivity contribution in [1.29, 1.82) is 0 Å². The van der Waals surface area contributed by atoms with Gasteiger partial charge in [0.2, 0.25) is 14.6 Å². The molecule has 1 unspecified atom stereocenters. The van der Waals surface area contributed by atoms with Gasteiger partial charge in [0.25, 0.3) is 0 Å². The first-order chi connectivity index (χ1) is 11.4. The van der Waals surface area contributed by atoms with Crippen LogP contribution in [0.2, 0.25) is 13.1 Å². The average Bonchev–Trinajstić information content (AvgIpc) is 3.37. The van der Waals surface area contributed by atoms with Crippen LogP contribution in [0.4, 0.5) is 0 Å². The second-order valence-electron chi connectivity index (χ2n) is 6.96. The molecule has 4 heteroatoms. The zero-order valence-electron chi connectivity index (χ0n) is 14.5. The molecule has 3 rings (SSSR count). The van der Waals surface area contributed by atoms with Crippen molar-refractivity contribution in [3.05, 3.63) is 66.2 Å². The second-order valence-corrected chi connectivity index (χ2v) is 10.8. The van der Waals surface area contributed by atoms with Gasteiger partial charge in [-0.3, -0.25) is 4.79 Å². The zero-order chi connectivity index (χ0) is 17.2. The summed E-state index contributed by atoms with van der Waals surface area (Å²) in [4.78, 5) is 11.7. The first-order valence-electron chi connectivity index (χ1n) is 8.40. The van der Waals surface area contributed by atoms with Crippen molar-refractivity contribution >= 4 is 19.5 Å². The van der Waals surface area contributed by atoms with E-state index in [4.69, 9.17) is 9.16 Å². The quantitative estimate of drug-likeness (QED) is 0.456. The molecule has 0 spiro atoms. The largest absolute Gasteiger partial charge is 0.436 e. The maximum absolute atomic E-state index is 11.7. The Labute approximate surface area is 144 Å². The Morgan fingerprint density at radius 2 is 1.54 bits per heavy atom. The fourth-order valence-electron chi connectivity index (χ4n) is 3.14. The fourth-order valence-corrected chi connectivity index (χ4v) is 5.08. The third-order valence-corrected chi connectivity index (χ3v) is 7.26. The third kappa shape index (κ3) is 3.45. The zero-order valence-corrected chi connectivity index (χ0v) is 15.5. The molecule has 1 fully saturated rings. The lowest BCUT2D eigenvalue weighted by Gasteiger charge is -2.34. The molecule has 0 saturated heterocycles. The molecule has 0 bridgehead atoms. The summed E-state index contributed by atoms with van der Waals surface area (Å²) in [5, 5.41) is 1.20. The number of hydrogen-bond acceptors (Lipinski definition) is 3. The Morgan fingerprint density at radius 3 is 2.04 bits per heavy atom. The number of ether oxygens (including phenoxy) is 1. The van der Waals surface area contributed by atoms with Crippen LogP contribution in [0.3, 0.4) is 0 Å². The SMILES string of the molecule is CC(=O)OC(O[Si](C)(C)c1ccccc1)C1(c2ccccc2)CC1. The summed E-state index contributed by atoms with van der Waals surface area (Å²) >= 11 is 0. The van der Waals surface area contributed by atoms with Gasteiger partial charge < -0.3 is 9.16 Å². The second kappa shape index (κ2) is 6.53. The minimum Gasteiger partial charge on any atom is -0.436 e. The van der Waals surface area contributed by atoms with E-state index in [1.54, 1.807) is 0 Å². The van der Waals surface area contributed by atoms with Gasteiger partial charge in [0, 0.05) is 6.92 Å². The fraction of sp³-hybridized carbons (Fsp3) is 0.350. The van der Waals surface area contributed by atoms with E-state index in [2.05, 4.69) is 37.4 Å². The first kappa shape index (κ1) is 16.9. The lowest BCUT2D eigenvalue weighted by Crippen LogP contribution is -2.51. The van der Waals surface area contributed by atoms with Crippen LogP contribution in [-0.2, 0) is 19.4 Å². The van der Waals surface area contributed by atoms with Gasteiger partial charge in [0.15, 0.2) is 0 Å². The number of carbonyl (C=O) groups excluding carboxylic acids is 1. The molecule has 126 valence electrons. The maximum Gasteiger partial charge on any atom is 0.304 e. The summed E-state index contributed by atoms with van der Waals surface area (Å²) in [6.45, 7) is 5.76. The molecule has 2 aromatic carbocycles. The Morgan fingerprint density at radius 1 is 1.00 bits per heavy atom. The van der Waals surface area contributed by atoms with Crippen LogP contribution in [-0.4, -0.2) is 20.6 Å². The summed E-state index contributed by atoms with van der Waals surface area (Å²) in [5.74, 6) is -0.292. The first-order valence-corrected chi connectivity index (χ1v) is 11.3. The highest BCUT2D eigenvalue weighted by Crippen LogP contribution is 2.52. The van der Waals surface area contributed by atoms with Crippen LogP contribution in [0, 0.1) is 0 Å². The number of carbonyl (C=O) groups is 1. The maximum atomic E-state index is 11.7. The van der Waals surface area contributed by atoms with Gasteiger partial charge in [0.05, 0.1) is 5.41 Å². The Balaban J connectivity index is 1.89. The summed E-state index contributed by atoms with van der Waals surface area (Å²) in [5.41, 5.74) is 0.987. The van der Waals surface area contributed by atoms with Crippen molar-refractivity contribution in [3.63, 3.8) is 0 Å². The van der Waals surface area contributed by atoms with E-state index in [0.717, 1.165) is 12.8 Å². The van der Waals surface area contributed by atoms with Crippen molar-refractivity contribution in [2.24, 2.45) is 0 Å². The van der Waals surface area contributed by atoms with Crippen LogP contribution in [0.1, 0.15) is 25.3 Å².